The fourth-order valence-electron chi connectivity index (χ4n) is 1.58. The Balaban J connectivity index is 2.43. The summed E-state index contributed by atoms with van der Waals surface area (Å²) in [5, 5.41) is 8.58. The number of hydrogen-bond donors (Lipinski definition) is 1. The summed E-state index contributed by atoms with van der Waals surface area (Å²) in [7, 11) is 1.87. The fraction of sp³-hybridized carbons (Fsp3) is 0.333. The highest BCUT2D eigenvalue weighted by Crippen LogP contribution is 2.33. The van der Waals surface area contributed by atoms with Gasteiger partial charge >= 0.3 is 0 Å². The summed E-state index contributed by atoms with van der Waals surface area (Å²) in [6.45, 7) is 3.58. The molecule has 0 radical (unpaired) electrons. The molecule has 2 aromatic rings. The van der Waals surface area contributed by atoms with Crippen molar-refractivity contribution in [1.29, 1.82) is 0 Å². The van der Waals surface area contributed by atoms with Crippen LogP contribution in [-0.2, 0) is 7.05 Å². The summed E-state index contributed by atoms with van der Waals surface area (Å²) in [6, 6.07) is 3.07. The zero-order valence-electron chi connectivity index (χ0n) is 10.5. The van der Waals surface area contributed by atoms with Gasteiger partial charge in [-0.1, -0.05) is 0 Å². The van der Waals surface area contributed by atoms with Crippen molar-refractivity contribution in [3.63, 3.8) is 0 Å². The van der Waals surface area contributed by atoms with Crippen molar-refractivity contribution < 1.29 is 4.39 Å². The maximum absolute atomic E-state index is 13.6. The number of aromatic nitrogens is 3. The van der Waals surface area contributed by atoms with Crippen molar-refractivity contribution in [2.75, 3.05) is 0 Å². The van der Waals surface area contributed by atoms with E-state index < -0.39 is 0 Å². The molecule has 18 heavy (non-hydrogen) atoms. The van der Waals surface area contributed by atoms with E-state index in [1.807, 2.05) is 18.5 Å². The van der Waals surface area contributed by atoms with Crippen LogP contribution in [0.15, 0.2) is 28.5 Å². The summed E-state index contributed by atoms with van der Waals surface area (Å²) in [4.78, 5) is 0.917. The molecule has 1 aromatic heterocycles. The van der Waals surface area contributed by atoms with Crippen molar-refractivity contribution in [2.24, 2.45) is 12.8 Å². The van der Waals surface area contributed by atoms with Gasteiger partial charge in [-0.2, -0.15) is 0 Å². The molecule has 0 bridgehead atoms. The second kappa shape index (κ2) is 5.07. The molecule has 1 heterocycles. The number of hydrogen-bond acceptors (Lipinski definition) is 4. The van der Waals surface area contributed by atoms with Gasteiger partial charge < -0.3 is 10.3 Å². The lowest BCUT2D eigenvalue weighted by molar-refractivity contribution is 0.610. The standard InChI is InChI=1S/C12H15FN4S/c1-7-4-11(9(8(2)14)5-10(7)13)18-12-16-15-6-17(12)3/h4-6,8H,14H2,1-3H3/t8-/m1/s1. The first-order chi connectivity index (χ1) is 8.49. The van der Waals surface area contributed by atoms with E-state index in [-0.39, 0.29) is 11.9 Å². The van der Waals surface area contributed by atoms with Crippen molar-refractivity contribution in [3.05, 3.63) is 35.4 Å². The van der Waals surface area contributed by atoms with E-state index in [1.165, 1.54) is 17.8 Å². The lowest BCUT2D eigenvalue weighted by Gasteiger charge is -2.13. The number of nitrogens with two attached hydrogens (primary N) is 1. The number of aryl methyl sites for hydroxylation is 2. The molecule has 1 atom stereocenters. The predicted molar refractivity (Wildman–Crippen MR) is 68.9 cm³/mol. The SMILES string of the molecule is Cc1cc(Sc2nncn2C)c([C@@H](C)N)cc1F. The molecule has 2 rings (SSSR count). The molecule has 2 N–H and O–H groups in total. The van der Waals surface area contributed by atoms with Crippen LogP contribution in [0, 0.1) is 12.7 Å². The summed E-state index contributed by atoms with van der Waals surface area (Å²) >= 11 is 1.44. The van der Waals surface area contributed by atoms with Crippen molar-refractivity contribution >= 4 is 11.8 Å². The minimum Gasteiger partial charge on any atom is -0.324 e. The summed E-state index contributed by atoms with van der Waals surface area (Å²) in [6.07, 6.45) is 1.63. The van der Waals surface area contributed by atoms with Gasteiger partial charge in [0.1, 0.15) is 12.1 Å². The lowest BCUT2D eigenvalue weighted by Crippen LogP contribution is -2.08. The van der Waals surface area contributed by atoms with Gasteiger partial charge in [-0.3, -0.25) is 0 Å². The largest absolute Gasteiger partial charge is 0.324 e. The zero-order chi connectivity index (χ0) is 13.3. The maximum atomic E-state index is 13.6. The normalized spacial score (nSPS) is 12.7. The van der Waals surface area contributed by atoms with Gasteiger partial charge in [0.05, 0.1) is 0 Å². The van der Waals surface area contributed by atoms with Crippen LogP contribution in [0.4, 0.5) is 4.39 Å². The van der Waals surface area contributed by atoms with E-state index >= 15 is 0 Å². The Labute approximate surface area is 109 Å². The second-order valence-corrected chi connectivity index (χ2v) is 5.26. The molecule has 0 fully saturated rings. The van der Waals surface area contributed by atoms with Crippen LogP contribution in [0.3, 0.4) is 0 Å². The summed E-state index contributed by atoms with van der Waals surface area (Å²) in [5.41, 5.74) is 7.26. The van der Waals surface area contributed by atoms with Crippen LogP contribution in [-0.4, -0.2) is 14.8 Å². The number of benzene rings is 1. The molecular formula is C12H15FN4S. The van der Waals surface area contributed by atoms with Crippen LogP contribution < -0.4 is 5.73 Å². The molecule has 0 aliphatic rings. The van der Waals surface area contributed by atoms with Crippen LogP contribution in [0.1, 0.15) is 24.1 Å². The van der Waals surface area contributed by atoms with Gasteiger partial charge in [0.2, 0.25) is 0 Å². The van der Waals surface area contributed by atoms with Crippen molar-refractivity contribution in [3.8, 4) is 0 Å². The third-order valence-electron chi connectivity index (χ3n) is 2.65. The number of nitrogens with zero attached hydrogens (tertiary/aromatic N) is 3. The zero-order valence-corrected chi connectivity index (χ0v) is 11.3. The van der Waals surface area contributed by atoms with E-state index in [4.69, 9.17) is 5.73 Å². The molecule has 0 saturated heterocycles. The van der Waals surface area contributed by atoms with Gasteiger partial charge in [0, 0.05) is 18.0 Å². The highest BCUT2D eigenvalue weighted by molar-refractivity contribution is 7.99. The Bertz CT molecular complexity index is 565. The molecule has 0 aliphatic heterocycles. The Kier molecular flexibility index (Phi) is 3.68. The van der Waals surface area contributed by atoms with Gasteiger partial charge in [-0.25, -0.2) is 4.39 Å². The van der Waals surface area contributed by atoms with E-state index in [0.29, 0.717) is 5.56 Å². The quantitative estimate of drug-likeness (QED) is 0.927. The maximum Gasteiger partial charge on any atom is 0.195 e. The smallest absolute Gasteiger partial charge is 0.195 e. The molecule has 0 spiro atoms. The minimum atomic E-state index is -0.232. The first kappa shape index (κ1) is 13.0. The lowest BCUT2D eigenvalue weighted by atomic mass is 10.1. The van der Waals surface area contributed by atoms with Crippen molar-refractivity contribution in [2.45, 2.75) is 29.9 Å². The van der Waals surface area contributed by atoms with Gasteiger partial charge in [0.25, 0.3) is 0 Å². The summed E-state index contributed by atoms with van der Waals surface area (Å²) < 4.78 is 15.4. The first-order valence-electron chi connectivity index (χ1n) is 5.56. The van der Waals surface area contributed by atoms with Crippen molar-refractivity contribution in [1.82, 2.24) is 14.8 Å². The Morgan fingerprint density at radius 3 is 2.72 bits per heavy atom. The highest BCUT2D eigenvalue weighted by atomic mass is 32.2. The van der Waals surface area contributed by atoms with Crippen LogP contribution in [0.2, 0.25) is 0 Å². The Morgan fingerprint density at radius 1 is 1.44 bits per heavy atom. The first-order valence-corrected chi connectivity index (χ1v) is 6.38. The number of rotatable bonds is 3. The van der Waals surface area contributed by atoms with E-state index in [9.17, 15) is 4.39 Å². The van der Waals surface area contributed by atoms with E-state index in [1.54, 1.807) is 19.3 Å². The Hall–Kier alpha value is -1.40. The highest BCUT2D eigenvalue weighted by Gasteiger charge is 2.14. The van der Waals surface area contributed by atoms with E-state index in [0.717, 1.165) is 15.6 Å². The van der Waals surface area contributed by atoms with Crippen LogP contribution in [0.5, 0.6) is 0 Å². The third-order valence-corrected chi connectivity index (χ3v) is 3.78. The number of halogens is 1. The van der Waals surface area contributed by atoms with Crippen LogP contribution >= 0.6 is 11.8 Å². The van der Waals surface area contributed by atoms with Gasteiger partial charge in [0.15, 0.2) is 5.16 Å². The monoisotopic (exact) mass is 266 g/mol. The molecule has 1 aromatic carbocycles. The molecule has 0 aliphatic carbocycles. The molecular weight excluding hydrogens is 251 g/mol. The van der Waals surface area contributed by atoms with Gasteiger partial charge in [-0.05, 0) is 48.9 Å². The predicted octanol–water partition coefficient (Wildman–Crippen LogP) is 2.43. The van der Waals surface area contributed by atoms with Crippen LogP contribution in [0.25, 0.3) is 0 Å². The average molecular weight is 266 g/mol. The average Bonchev–Trinajstić information content (AvgIpc) is 2.69. The van der Waals surface area contributed by atoms with Gasteiger partial charge in [-0.15, -0.1) is 10.2 Å². The third kappa shape index (κ3) is 2.54. The van der Waals surface area contributed by atoms with E-state index in [2.05, 4.69) is 10.2 Å². The molecule has 6 heteroatoms. The molecule has 0 unspecified atom stereocenters. The second-order valence-electron chi connectivity index (χ2n) is 4.25. The summed E-state index contributed by atoms with van der Waals surface area (Å²) in [5.74, 6) is -0.232. The molecule has 96 valence electrons. The minimum absolute atomic E-state index is 0.226. The fourth-order valence-corrected chi connectivity index (χ4v) is 2.65. The molecule has 0 saturated carbocycles. The molecule has 4 nitrogen and oxygen atoms in total. The molecule has 0 amide bonds. The Morgan fingerprint density at radius 2 is 2.17 bits per heavy atom. The topological polar surface area (TPSA) is 56.7 Å².